The van der Waals surface area contributed by atoms with Crippen LogP contribution in [0.4, 0.5) is 5.82 Å². The van der Waals surface area contributed by atoms with Crippen LogP contribution in [0.5, 0.6) is 17.2 Å². The zero-order valence-corrected chi connectivity index (χ0v) is 18.6. The summed E-state index contributed by atoms with van der Waals surface area (Å²) in [4.78, 5) is 39.7. The molecule has 0 spiro atoms. The predicted octanol–water partition coefficient (Wildman–Crippen LogP) is 3.20. The van der Waals surface area contributed by atoms with E-state index in [0.717, 1.165) is 11.8 Å². The van der Waals surface area contributed by atoms with E-state index < -0.39 is 34.4 Å². The lowest BCUT2D eigenvalue weighted by atomic mass is 9.94. The molecule has 0 radical (unpaired) electrons. The molecular formula is C22H20N2O8S. The topological polar surface area (TPSA) is 161 Å². The highest BCUT2D eigenvalue weighted by Gasteiger charge is 2.30. The molecule has 1 aromatic heterocycles. The van der Waals surface area contributed by atoms with E-state index in [9.17, 15) is 24.6 Å². The van der Waals surface area contributed by atoms with Gasteiger partial charge in [0.25, 0.3) is 5.56 Å². The van der Waals surface area contributed by atoms with Crippen molar-refractivity contribution in [2.75, 3.05) is 27.1 Å². The van der Waals surface area contributed by atoms with Gasteiger partial charge in [-0.2, -0.15) is 0 Å². The van der Waals surface area contributed by atoms with Crippen molar-refractivity contribution in [1.29, 1.82) is 0 Å². The Labute approximate surface area is 191 Å². The number of benzene rings is 2. The molecule has 10 nitrogen and oxygen atoms in total. The summed E-state index contributed by atoms with van der Waals surface area (Å²) < 4.78 is 16.1. The first-order chi connectivity index (χ1) is 15.7. The minimum Gasteiger partial charge on any atom is -0.497 e. The number of carboxylic acid groups (broad SMARTS) is 2. The van der Waals surface area contributed by atoms with Crippen LogP contribution in [0.2, 0.25) is 0 Å². The van der Waals surface area contributed by atoms with Gasteiger partial charge in [0.1, 0.15) is 34.2 Å². The van der Waals surface area contributed by atoms with Crippen molar-refractivity contribution in [3.63, 3.8) is 0 Å². The van der Waals surface area contributed by atoms with E-state index in [1.54, 1.807) is 30.3 Å². The zero-order valence-electron chi connectivity index (χ0n) is 17.8. The summed E-state index contributed by atoms with van der Waals surface area (Å²) in [5.74, 6) is -2.42. The van der Waals surface area contributed by atoms with Crippen molar-refractivity contribution >= 4 is 29.5 Å². The summed E-state index contributed by atoms with van der Waals surface area (Å²) >= 11 is 1.15. The largest absolute Gasteiger partial charge is 0.497 e. The van der Waals surface area contributed by atoms with Crippen LogP contribution in [0, 0.1) is 0 Å². The number of ether oxygens (including phenoxy) is 3. The van der Waals surface area contributed by atoms with Gasteiger partial charge in [-0.1, -0.05) is 17.8 Å². The second kappa shape index (κ2) is 9.57. The number of rotatable bonds is 8. The number of methoxy groups -OCH3 is 3. The van der Waals surface area contributed by atoms with Gasteiger partial charge in [-0.25, -0.2) is 9.59 Å². The van der Waals surface area contributed by atoms with E-state index in [-0.39, 0.29) is 16.9 Å². The molecule has 0 saturated carbocycles. The summed E-state index contributed by atoms with van der Waals surface area (Å²) in [5.41, 5.74) is 3.14. The van der Waals surface area contributed by atoms with Crippen molar-refractivity contribution < 1.29 is 34.0 Å². The van der Waals surface area contributed by atoms with Gasteiger partial charge in [0, 0.05) is 16.0 Å². The number of hydrogen-bond acceptors (Lipinski definition) is 8. The van der Waals surface area contributed by atoms with Gasteiger partial charge in [0.2, 0.25) is 0 Å². The van der Waals surface area contributed by atoms with Gasteiger partial charge >= 0.3 is 11.9 Å². The molecule has 0 atom stereocenters. The molecule has 0 aliphatic rings. The monoisotopic (exact) mass is 472 g/mol. The lowest BCUT2D eigenvalue weighted by Crippen LogP contribution is -2.24. The minimum atomic E-state index is -1.62. The van der Waals surface area contributed by atoms with Crippen LogP contribution < -0.4 is 25.5 Å². The Bertz CT molecular complexity index is 1300. The summed E-state index contributed by atoms with van der Waals surface area (Å²) in [6, 6.07) is 9.91. The molecule has 5 N–H and O–H groups in total. The molecular weight excluding hydrogens is 452 g/mol. The molecule has 0 aliphatic heterocycles. The number of carboxylic acids is 2. The smallest absolute Gasteiger partial charge is 0.342 e. The number of nitrogens with two attached hydrogens (primary N) is 1. The molecule has 2 aromatic carbocycles. The molecule has 172 valence electrons. The number of anilines is 1. The van der Waals surface area contributed by atoms with E-state index in [1.807, 2.05) is 0 Å². The highest BCUT2D eigenvalue weighted by atomic mass is 32.2. The van der Waals surface area contributed by atoms with Gasteiger partial charge in [-0.15, -0.1) is 0 Å². The minimum absolute atomic E-state index is 0.0856. The fourth-order valence-corrected chi connectivity index (χ4v) is 4.41. The van der Waals surface area contributed by atoms with Crippen molar-refractivity contribution in [1.82, 2.24) is 4.98 Å². The summed E-state index contributed by atoms with van der Waals surface area (Å²) in [5, 5.41) is 19.6. The van der Waals surface area contributed by atoms with Gasteiger partial charge in [0.15, 0.2) is 0 Å². The molecule has 1 heterocycles. The van der Waals surface area contributed by atoms with Gasteiger partial charge in [-0.05, 0) is 30.3 Å². The number of nitrogens with one attached hydrogen (secondary N) is 1. The average molecular weight is 472 g/mol. The third-order valence-corrected chi connectivity index (χ3v) is 5.82. The molecule has 0 fully saturated rings. The third-order valence-electron chi connectivity index (χ3n) is 4.72. The van der Waals surface area contributed by atoms with Crippen molar-refractivity contribution in [2.45, 2.75) is 9.79 Å². The molecule has 3 rings (SSSR count). The summed E-state index contributed by atoms with van der Waals surface area (Å²) in [7, 11) is 4.34. The van der Waals surface area contributed by atoms with Gasteiger partial charge in [0.05, 0.1) is 26.2 Å². The Balaban J connectivity index is 2.41. The maximum Gasteiger partial charge on any atom is 0.342 e. The van der Waals surface area contributed by atoms with Gasteiger partial charge in [-0.3, -0.25) is 4.79 Å². The van der Waals surface area contributed by atoms with E-state index in [2.05, 4.69) is 4.98 Å². The average Bonchev–Trinajstić information content (AvgIpc) is 2.77. The SMILES string of the molecule is COc1ccc(OC)c(Sc2cccc(OC)c2-c2c(C(=O)O)c(N)[nH]c(=O)c2C(=O)O)c1. The van der Waals surface area contributed by atoms with Crippen LogP contribution in [-0.4, -0.2) is 48.5 Å². The maximum absolute atomic E-state index is 12.5. The molecule has 0 aliphatic carbocycles. The number of aromatic nitrogens is 1. The lowest BCUT2D eigenvalue weighted by Gasteiger charge is -2.19. The van der Waals surface area contributed by atoms with Crippen molar-refractivity contribution in [3.05, 3.63) is 57.9 Å². The molecule has 0 saturated heterocycles. The molecule has 0 amide bonds. The Morgan fingerprint density at radius 1 is 0.879 bits per heavy atom. The highest BCUT2D eigenvalue weighted by Crippen LogP contribution is 2.46. The first-order valence-electron chi connectivity index (χ1n) is 9.33. The third kappa shape index (κ3) is 4.44. The number of hydrogen-bond donors (Lipinski definition) is 4. The van der Waals surface area contributed by atoms with E-state index in [1.165, 1.54) is 27.4 Å². The number of pyridine rings is 1. The number of carbonyl (C=O) groups is 2. The molecule has 11 heteroatoms. The molecule has 33 heavy (non-hydrogen) atoms. The standard InChI is InChI=1S/C22H20N2O8S/c1-30-10-7-8-11(31-2)14(9-10)33-13-6-4-5-12(32-3)15(13)16-17(21(26)27)19(23)24-20(25)18(16)22(28)29/h4-9H,1-3H3,(H,26,27)(H,28,29)(H3,23,24,25). The highest BCUT2D eigenvalue weighted by molar-refractivity contribution is 7.99. The maximum atomic E-state index is 12.5. The van der Waals surface area contributed by atoms with Crippen LogP contribution in [0.25, 0.3) is 11.1 Å². The molecule has 0 bridgehead atoms. The van der Waals surface area contributed by atoms with E-state index >= 15 is 0 Å². The summed E-state index contributed by atoms with van der Waals surface area (Å²) in [6.07, 6.45) is 0. The van der Waals surface area contributed by atoms with Crippen LogP contribution >= 0.6 is 11.8 Å². The normalized spacial score (nSPS) is 10.5. The molecule has 3 aromatic rings. The fraction of sp³-hybridized carbons (Fsp3) is 0.136. The van der Waals surface area contributed by atoms with Crippen molar-refractivity contribution in [3.8, 4) is 28.4 Å². The first-order valence-corrected chi connectivity index (χ1v) is 10.1. The van der Waals surface area contributed by atoms with Gasteiger partial charge < -0.3 is 35.1 Å². The number of H-pyrrole nitrogens is 1. The second-order valence-electron chi connectivity index (χ2n) is 6.56. The first kappa shape index (κ1) is 23.5. The van der Waals surface area contributed by atoms with Crippen LogP contribution in [0.3, 0.4) is 0 Å². The fourth-order valence-electron chi connectivity index (χ4n) is 3.29. The van der Waals surface area contributed by atoms with Crippen molar-refractivity contribution in [2.24, 2.45) is 0 Å². The number of nitrogen functional groups attached to an aromatic ring is 1. The quantitative estimate of drug-likeness (QED) is 0.383. The number of aromatic carboxylic acids is 2. The van der Waals surface area contributed by atoms with Crippen LogP contribution in [-0.2, 0) is 0 Å². The Hall–Kier alpha value is -4.12. The Morgan fingerprint density at radius 2 is 1.55 bits per heavy atom. The van der Waals surface area contributed by atoms with Crippen LogP contribution in [0.1, 0.15) is 20.7 Å². The van der Waals surface area contributed by atoms with Crippen LogP contribution in [0.15, 0.2) is 51.0 Å². The lowest BCUT2D eigenvalue weighted by molar-refractivity contribution is 0.0695. The predicted molar refractivity (Wildman–Crippen MR) is 121 cm³/mol. The Morgan fingerprint density at radius 3 is 2.12 bits per heavy atom. The zero-order chi connectivity index (χ0) is 24.3. The molecule has 0 unspecified atom stereocenters. The van der Waals surface area contributed by atoms with E-state index in [0.29, 0.717) is 21.3 Å². The summed E-state index contributed by atoms with van der Waals surface area (Å²) in [6.45, 7) is 0. The second-order valence-corrected chi connectivity index (χ2v) is 7.64. The van der Waals surface area contributed by atoms with E-state index in [4.69, 9.17) is 19.9 Å². The Kier molecular flexibility index (Phi) is 6.83. The number of aromatic amines is 1.